The highest BCUT2D eigenvalue weighted by Crippen LogP contribution is 2.25. The van der Waals surface area contributed by atoms with Crippen molar-refractivity contribution < 1.29 is 18.8 Å². The number of carbonyl (C=O) groups is 1. The third-order valence-electron chi connectivity index (χ3n) is 4.30. The largest absolute Gasteiger partial charge is 0.460 e. The second-order valence-corrected chi connectivity index (χ2v) is 6.42. The molecule has 0 bridgehead atoms. The number of ether oxygens (including phenoxy) is 1. The van der Waals surface area contributed by atoms with Crippen LogP contribution in [0.4, 0.5) is 10.3 Å². The number of amidine groups is 1. The van der Waals surface area contributed by atoms with Crippen molar-refractivity contribution in [3.63, 3.8) is 0 Å². The number of oxime groups is 1. The number of hydrogen-bond donors (Lipinski definition) is 2. The molecule has 0 radical (unpaired) electrons. The molecule has 0 unspecified atom stereocenters. The van der Waals surface area contributed by atoms with Gasteiger partial charge in [-0.2, -0.15) is 0 Å². The van der Waals surface area contributed by atoms with Crippen LogP contribution in [0.5, 0.6) is 0 Å². The van der Waals surface area contributed by atoms with Crippen molar-refractivity contribution in [2.75, 3.05) is 25.1 Å². The molecular formula is C19H21FN6O3. The molecule has 1 aromatic carbocycles. The highest BCUT2D eigenvalue weighted by molar-refractivity contribution is 5.94. The van der Waals surface area contributed by atoms with Gasteiger partial charge in [0.15, 0.2) is 0 Å². The van der Waals surface area contributed by atoms with Gasteiger partial charge in [0.05, 0.1) is 12.3 Å². The van der Waals surface area contributed by atoms with Gasteiger partial charge in [0.2, 0.25) is 5.95 Å². The first-order valence-electron chi connectivity index (χ1n) is 8.90. The quantitative estimate of drug-likeness (QED) is 0.314. The predicted octanol–water partition coefficient (Wildman–Crippen LogP) is 1.86. The Kier molecular flexibility index (Phi) is 6.32. The van der Waals surface area contributed by atoms with Gasteiger partial charge in [0.1, 0.15) is 31.8 Å². The van der Waals surface area contributed by atoms with Gasteiger partial charge in [-0.3, -0.25) is 10.2 Å². The number of anilines is 1. The number of nitrogens with one attached hydrogen (secondary N) is 1. The lowest BCUT2D eigenvalue weighted by Crippen LogP contribution is -2.22. The normalized spacial score (nSPS) is 14.8. The van der Waals surface area contributed by atoms with E-state index >= 15 is 0 Å². The van der Waals surface area contributed by atoms with Crippen LogP contribution in [-0.2, 0) is 21.0 Å². The Hall–Kier alpha value is -3.56. The van der Waals surface area contributed by atoms with E-state index in [1.165, 1.54) is 13.2 Å². The molecule has 2 heterocycles. The van der Waals surface area contributed by atoms with Crippen LogP contribution in [-0.4, -0.2) is 47.7 Å². The van der Waals surface area contributed by atoms with Crippen molar-refractivity contribution in [2.24, 2.45) is 10.9 Å². The summed E-state index contributed by atoms with van der Waals surface area (Å²) >= 11 is 0. The number of esters is 1. The van der Waals surface area contributed by atoms with Crippen molar-refractivity contribution in [3.8, 4) is 11.1 Å². The van der Waals surface area contributed by atoms with E-state index in [9.17, 15) is 9.18 Å². The molecule has 2 aromatic rings. The lowest BCUT2D eigenvalue weighted by atomic mass is 10.1. The molecule has 0 atom stereocenters. The van der Waals surface area contributed by atoms with Gasteiger partial charge in [-0.05, 0) is 0 Å². The fourth-order valence-corrected chi connectivity index (χ4v) is 2.92. The number of aromatic nitrogens is 2. The molecule has 152 valence electrons. The van der Waals surface area contributed by atoms with Gasteiger partial charge < -0.3 is 20.2 Å². The van der Waals surface area contributed by atoms with Crippen LogP contribution >= 0.6 is 0 Å². The van der Waals surface area contributed by atoms with Gasteiger partial charge in [-0.15, -0.1) is 0 Å². The average molecular weight is 400 g/mol. The Morgan fingerprint density at radius 2 is 2.14 bits per heavy atom. The molecule has 1 aromatic heterocycles. The summed E-state index contributed by atoms with van der Waals surface area (Å²) < 4.78 is 19.8. The summed E-state index contributed by atoms with van der Waals surface area (Å²) in [4.78, 5) is 26.9. The van der Waals surface area contributed by atoms with Crippen LogP contribution in [0.2, 0.25) is 0 Å². The van der Waals surface area contributed by atoms with Gasteiger partial charge >= 0.3 is 5.97 Å². The zero-order valence-corrected chi connectivity index (χ0v) is 15.9. The van der Waals surface area contributed by atoms with E-state index in [0.717, 1.165) is 18.7 Å². The number of rotatable bonds is 7. The molecule has 3 rings (SSSR count). The van der Waals surface area contributed by atoms with Crippen LogP contribution in [0.15, 0.2) is 35.7 Å². The summed E-state index contributed by atoms with van der Waals surface area (Å²) in [6.07, 6.45) is 3.55. The summed E-state index contributed by atoms with van der Waals surface area (Å²) in [6.45, 7) is 1.07. The SMILES string of the molecule is CO/N=C1\CCN(c2ncc(-c3cccc(COC(=O)CC(=N)N)c3F)cn2)C1. The number of carbonyl (C=O) groups excluding carboxylic acids is 1. The summed E-state index contributed by atoms with van der Waals surface area (Å²) in [5, 5.41) is 11.0. The van der Waals surface area contributed by atoms with Gasteiger partial charge in [0, 0.05) is 42.0 Å². The third kappa shape index (κ3) is 5.03. The summed E-state index contributed by atoms with van der Waals surface area (Å²) in [5.74, 6) is -0.975. The lowest BCUT2D eigenvalue weighted by Gasteiger charge is -2.14. The Bertz CT molecular complexity index is 932. The molecule has 29 heavy (non-hydrogen) atoms. The van der Waals surface area contributed by atoms with Gasteiger partial charge in [0.25, 0.3) is 0 Å². The van der Waals surface area contributed by atoms with E-state index in [-0.39, 0.29) is 24.4 Å². The Balaban J connectivity index is 1.71. The van der Waals surface area contributed by atoms with E-state index in [4.69, 9.17) is 20.7 Å². The van der Waals surface area contributed by atoms with E-state index in [0.29, 0.717) is 23.6 Å². The van der Waals surface area contributed by atoms with Crippen molar-refractivity contribution in [2.45, 2.75) is 19.4 Å². The maximum Gasteiger partial charge on any atom is 0.313 e. The molecular weight excluding hydrogens is 379 g/mol. The predicted molar refractivity (Wildman–Crippen MR) is 105 cm³/mol. The molecule has 1 aliphatic heterocycles. The molecule has 10 heteroatoms. The molecule has 9 nitrogen and oxygen atoms in total. The summed E-state index contributed by atoms with van der Waals surface area (Å²) in [5.41, 5.74) is 7.09. The maximum absolute atomic E-state index is 14.9. The first-order chi connectivity index (χ1) is 14.0. The number of hydrogen-bond acceptors (Lipinski definition) is 8. The van der Waals surface area contributed by atoms with Crippen molar-refractivity contribution in [1.82, 2.24) is 9.97 Å². The zero-order valence-electron chi connectivity index (χ0n) is 15.9. The average Bonchev–Trinajstić information content (AvgIpc) is 3.16. The van der Waals surface area contributed by atoms with E-state index in [2.05, 4.69) is 15.1 Å². The van der Waals surface area contributed by atoms with Gasteiger partial charge in [-0.25, -0.2) is 14.4 Å². The Morgan fingerprint density at radius 1 is 1.38 bits per heavy atom. The standard InChI is InChI=1S/C19H21FN6O3/c1-28-25-14-5-6-26(10-14)19-23-8-13(9-24-19)15-4-2-3-12(18(15)20)11-29-17(27)7-16(21)22/h2-4,8-9H,5-7,10-11H2,1H3,(H3,21,22)/b25-14+. The first-order valence-corrected chi connectivity index (χ1v) is 8.90. The van der Waals surface area contributed by atoms with Crippen molar-refractivity contribution >= 4 is 23.5 Å². The third-order valence-corrected chi connectivity index (χ3v) is 4.30. The minimum atomic E-state index is -0.683. The molecule has 0 spiro atoms. The smallest absolute Gasteiger partial charge is 0.313 e. The van der Waals surface area contributed by atoms with Crippen LogP contribution in [0.1, 0.15) is 18.4 Å². The van der Waals surface area contributed by atoms with Crippen LogP contribution in [0.25, 0.3) is 11.1 Å². The van der Waals surface area contributed by atoms with Gasteiger partial charge in [-0.1, -0.05) is 23.4 Å². The molecule has 3 N–H and O–H groups in total. The van der Waals surface area contributed by atoms with E-state index in [1.54, 1.807) is 24.5 Å². The number of nitrogens with two attached hydrogens (primary N) is 1. The zero-order chi connectivity index (χ0) is 20.8. The molecule has 1 aliphatic rings. The molecule has 0 amide bonds. The summed E-state index contributed by atoms with van der Waals surface area (Å²) in [7, 11) is 1.51. The lowest BCUT2D eigenvalue weighted by molar-refractivity contribution is -0.143. The topological polar surface area (TPSA) is 127 Å². The summed E-state index contributed by atoms with van der Waals surface area (Å²) in [6, 6.07) is 4.79. The second kappa shape index (κ2) is 9.09. The maximum atomic E-state index is 14.9. The van der Waals surface area contributed by atoms with E-state index in [1.807, 2.05) is 4.90 Å². The monoisotopic (exact) mass is 400 g/mol. The molecule has 0 saturated carbocycles. The minimum absolute atomic E-state index is 0.212. The fraction of sp³-hybridized carbons (Fsp3) is 0.316. The van der Waals surface area contributed by atoms with Crippen LogP contribution < -0.4 is 10.6 Å². The van der Waals surface area contributed by atoms with Crippen molar-refractivity contribution in [3.05, 3.63) is 42.0 Å². The molecule has 1 saturated heterocycles. The molecule has 0 aliphatic carbocycles. The Morgan fingerprint density at radius 3 is 2.83 bits per heavy atom. The van der Waals surface area contributed by atoms with Crippen molar-refractivity contribution in [1.29, 1.82) is 5.41 Å². The fourth-order valence-electron chi connectivity index (χ4n) is 2.92. The first kappa shape index (κ1) is 20.2. The number of nitrogens with zero attached hydrogens (tertiary/aromatic N) is 4. The second-order valence-electron chi connectivity index (χ2n) is 6.42. The van der Waals surface area contributed by atoms with Crippen LogP contribution in [0, 0.1) is 11.2 Å². The molecule has 1 fully saturated rings. The highest BCUT2D eigenvalue weighted by Gasteiger charge is 2.21. The van der Waals surface area contributed by atoms with Crippen LogP contribution in [0.3, 0.4) is 0 Å². The Labute approximate surface area is 166 Å². The highest BCUT2D eigenvalue weighted by atomic mass is 19.1. The number of halogens is 1. The number of benzene rings is 1. The minimum Gasteiger partial charge on any atom is -0.460 e. The van der Waals surface area contributed by atoms with E-state index < -0.39 is 11.8 Å².